The van der Waals surface area contributed by atoms with E-state index in [9.17, 15) is 4.79 Å². The van der Waals surface area contributed by atoms with Crippen LogP contribution in [0.3, 0.4) is 0 Å². The summed E-state index contributed by atoms with van der Waals surface area (Å²) in [4.78, 5) is 15.3. The lowest BCUT2D eigenvalue weighted by Gasteiger charge is -2.04. The van der Waals surface area contributed by atoms with Crippen molar-refractivity contribution in [2.75, 3.05) is 11.1 Å². The topological polar surface area (TPSA) is 94.7 Å². The van der Waals surface area contributed by atoms with Crippen LogP contribution in [0.15, 0.2) is 48.7 Å². The van der Waals surface area contributed by atoms with E-state index in [1.165, 1.54) is 0 Å². The maximum atomic E-state index is 12.3. The van der Waals surface area contributed by atoms with Gasteiger partial charge in [0, 0.05) is 28.5 Å². The molecule has 0 atom stereocenters. The van der Waals surface area contributed by atoms with Crippen LogP contribution in [0.25, 0.3) is 10.9 Å². The molecule has 0 saturated carbocycles. The van der Waals surface area contributed by atoms with Crippen LogP contribution >= 0.6 is 0 Å². The van der Waals surface area contributed by atoms with Gasteiger partial charge < -0.3 is 16.0 Å². The molecule has 21 heavy (non-hydrogen) atoms. The molecule has 102 valence electrons. The molecule has 4 N–H and O–H groups in total. The summed E-state index contributed by atoms with van der Waals surface area (Å²) in [7, 11) is 0. The second kappa shape index (κ2) is 5.02. The van der Waals surface area contributed by atoms with Gasteiger partial charge in [0.2, 0.25) is 0 Å². The molecule has 0 spiro atoms. The van der Waals surface area contributed by atoms with Gasteiger partial charge in [-0.1, -0.05) is 0 Å². The number of nitrogens with two attached hydrogens (primary N) is 1. The van der Waals surface area contributed by atoms with Crippen molar-refractivity contribution in [2.45, 2.75) is 0 Å². The number of carbonyl (C=O) groups is 1. The number of hydrogen-bond donors (Lipinski definition) is 3. The number of nitrogens with zero attached hydrogens (tertiary/aromatic N) is 1. The lowest BCUT2D eigenvalue weighted by atomic mass is 10.1. The zero-order valence-corrected chi connectivity index (χ0v) is 11.1. The highest BCUT2D eigenvalue weighted by atomic mass is 16.1. The van der Waals surface area contributed by atoms with Crippen molar-refractivity contribution in [1.82, 2.24) is 4.98 Å². The van der Waals surface area contributed by atoms with E-state index in [4.69, 9.17) is 11.0 Å². The Bertz CT molecular complexity index is 856. The Hall–Kier alpha value is -3.26. The minimum Gasteiger partial charge on any atom is -0.399 e. The lowest BCUT2D eigenvalue weighted by Crippen LogP contribution is -2.11. The summed E-state index contributed by atoms with van der Waals surface area (Å²) in [5, 5.41) is 12.4. The molecule has 0 aliphatic carbocycles. The number of hydrogen-bond acceptors (Lipinski definition) is 3. The predicted octanol–water partition coefficient (Wildman–Crippen LogP) is 2.87. The van der Waals surface area contributed by atoms with E-state index in [1.54, 1.807) is 42.6 Å². The van der Waals surface area contributed by atoms with Crippen molar-refractivity contribution in [3.63, 3.8) is 0 Å². The summed E-state index contributed by atoms with van der Waals surface area (Å²) in [5.41, 5.74) is 8.92. The first kappa shape index (κ1) is 12.8. The molecule has 0 bridgehead atoms. The van der Waals surface area contributed by atoms with E-state index in [0.717, 1.165) is 10.9 Å². The largest absolute Gasteiger partial charge is 0.399 e. The molecule has 2 aromatic carbocycles. The van der Waals surface area contributed by atoms with Gasteiger partial charge in [-0.05, 0) is 42.5 Å². The lowest BCUT2D eigenvalue weighted by molar-refractivity contribution is 0.102. The molecule has 5 nitrogen and oxygen atoms in total. The smallest absolute Gasteiger partial charge is 0.257 e. The van der Waals surface area contributed by atoms with Crippen LogP contribution in [-0.2, 0) is 0 Å². The molecule has 3 rings (SSSR count). The fourth-order valence-corrected chi connectivity index (χ4v) is 2.16. The normalized spacial score (nSPS) is 10.2. The average molecular weight is 276 g/mol. The maximum absolute atomic E-state index is 12.3. The predicted molar refractivity (Wildman–Crippen MR) is 81.8 cm³/mol. The van der Waals surface area contributed by atoms with E-state index in [2.05, 4.69) is 10.3 Å². The number of anilines is 2. The SMILES string of the molecule is N#Cc1ccc(NC(=O)c2c[nH]c3cc(N)ccc23)cc1. The highest BCUT2D eigenvalue weighted by Gasteiger charge is 2.12. The fourth-order valence-electron chi connectivity index (χ4n) is 2.16. The maximum Gasteiger partial charge on any atom is 0.257 e. The number of carbonyl (C=O) groups excluding carboxylic acids is 1. The zero-order chi connectivity index (χ0) is 14.8. The molecule has 0 fully saturated rings. The Labute approximate surface area is 121 Å². The number of nitrogens with one attached hydrogen (secondary N) is 2. The summed E-state index contributed by atoms with van der Waals surface area (Å²) < 4.78 is 0. The number of fused-ring (bicyclic) bond motifs is 1. The van der Waals surface area contributed by atoms with Gasteiger partial charge in [0.25, 0.3) is 5.91 Å². The molecule has 0 aliphatic heterocycles. The fraction of sp³-hybridized carbons (Fsp3) is 0. The first-order chi connectivity index (χ1) is 10.2. The molecule has 5 heteroatoms. The molecule has 0 saturated heterocycles. The van der Waals surface area contributed by atoms with Gasteiger partial charge in [0.1, 0.15) is 0 Å². The minimum absolute atomic E-state index is 0.212. The molecule has 1 heterocycles. The third kappa shape index (κ3) is 2.42. The number of rotatable bonds is 2. The van der Waals surface area contributed by atoms with Gasteiger partial charge in [-0.2, -0.15) is 5.26 Å². The van der Waals surface area contributed by atoms with Gasteiger partial charge in [-0.3, -0.25) is 4.79 Å². The first-order valence-electron chi connectivity index (χ1n) is 6.35. The molecular formula is C16H12N4O. The summed E-state index contributed by atoms with van der Waals surface area (Å²) >= 11 is 0. The number of aromatic amines is 1. The molecule has 0 radical (unpaired) electrons. The van der Waals surface area contributed by atoms with Crippen LogP contribution in [0.2, 0.25) is 0 Å². The van der Waals surface area contributed by atoms with E-state index in [1.807, 2.05) is 12.1 Å². The third-order valence-corrected chi connectivity index (χ3v) is 3.22. The van der Waals surface area contributed by atoms with Crippen molar-refractivity contribution >= 4 is 28.2 Å². The van der Waals surface area contributed by atoms with Crippen LogP contribution in [0.4, 0.5) is 11.4 Å². The monoisotopic (exact) mass is 276 g/mol. The van der Waals surface area contributed by atoms with Crippen LogP contribution in [0, 0.1) is 11.3 Å². The summed E-state index contributed by atoms with van der Waals surface area (Å²) in [6.45, 7) is 0. The Morgan fingerprint density at radius 3 is 2.67 bits per heavy atom. The first-order valence-corrected chi connectivity index (χ1v) is 6.35. The van der Waals surface area contributed by atoms with E-state index < -0.39 is 0 Å². The quantitative estimate of drug-likeness (QED) is 0.628. The van der Waals surface area contributed by atoms with E-state index in [-0.39, 0.29) is 5.91 Å². The summed E-state index contributed by atoms with van der Waals surface area (Å²) in [6, 6.07) is 14.1. The van der Waals surface area contributed by atoms with E-state index in [0.29, 0.717) is 22.5 Å². The van der Waals surface area contributed by atoms with Crippen molar-refractivity contribution in [1.29, 1.82) is 5.26 Å². The van der Waals surface area contributed by atoms with Gasteiger partial charge in [0.15, 0.2) is 0 Å². The van der Waals surface area contributed by atoms with E-state index >= 15 is 0 Å². The summed E-state index contributed by atoms with van der Waals surface area (Å²) in [5.74, 6) is -0.212. The second-order valence-corrected chi connectivity index (χ2v) is 4.65. The third-order valence-electron chi connectivity index (χ3n) is 3.22. The Kier molecular flexibility index (Phi) is 3.05. The molecule has 0 unspecified atom stereocenters. The molecule has 0 aliphatic rings. The van der Waals surface area contributed by atoms with Gasteiger partial charge in [0.05, 0.1) is 17.2 Å². The number of benzene rings is 2. The average Bonchev–Trinajstić information content (AvgIpc) is 2.91. The highest BCUT2D eigenvalue weighted by molar-refractivity contribution is 6.13. The highest BCUT2D eigenvalue weighted by Crippen LogP contribution is 2.21. The van der Waals surface area contributed by atoms with Crippen LogP contribution < -0.4 is 11.1 Å². The minimum atomic E-state index is -0.212. The standard InChI is InChI=1S/C16H12N4O/c17-8-10-1-4-12(5-2-10)20-16(21)14-9-19-15-7-11(18)3-6-13(14)15/h1-7,9,19H,18H2,(H,20,21). The zero-order valence-electron chi connectivity index (χ0n) is 11.1. The Morgan fingerprint density at radius 1 is 1.19 bits per heavy atom. The van der Waals surface area contributed by atoms with Gasteiger partial charge in [-0.25, -0.2) is 0 Å². The number of H-pyrrole nitrogens is 1. The molecule has 1 amide bonds. The van der Waals surface area contributed by atoms with Crippen molar-refractivity contribution in [3.8, 4) is 6.07 Å². The van der Waals surface area contributed by atoms with Crippen molar-refractivity contribution in [3.05, 3.63) is 59.8 Å². The summed E-state index contributed by atoms with van der Waals surface area (Å²) in [6.07, 6.45) is 1.66. The van der Waals surface area contributed by atoms with Crippen LogP contribution in [-0.4, -0.2) is 10.9 Å². The van der Waals surface area contributed by atoms with Crippen LogP contribution in [0.5, 0.6) is 0 Å². The number of amides is 1. The van der Waals surface area contributed by atoms with Gasteiger partial charge >= 0.3 is 0 Å². The molecule has 3 aromatic rings. The van der Waals surface area contributed by atoms with Gasteiger partial charge in [-0.15, -0.1) is 0 Å². The van der Waals surface area contributed by atoms with Crippen LogP contribution in [0.1, 0.15) is 15.9 Å². The number of aromatic nitrogens is 1. The number of nitriles is 1. The van der Waals surface area contributed by atoms with Crippen molar-refractivity contribution < 1.29 is 4.79 Å². The molecular weight excluding hydrogens is 264 g/mol. The van der Waals surface area contributed by atoms with Crippen molar-refractivity contribution in [2.24, 2.45) is 0 Å². The number of nitrogen functional groups attached to an aromatic ring is 1. The Balaban J connectivity index is 1.88. The second-order valence-electron chi connectivity index (χ2n) is 4.65. The Morgan fingerprint density at radius 2 is 1.95 bits per heavy atom. The molecule has 1 aromatic heterocycles.